The van der Waals surface area contributed by atoms with Crippen molar-refractivity contribution < 1.29 is 19.0 Å². The van der Waals surface area contributed by atoms with Crippen LogP contribution in [0.5, 0.6) is 11.6 Å². The minimum atomic E-state index is -0.497. The average molecular weight is 518 g/mol. The maximum atomic E-state index is 12.4. The normalized spacial score (nSPS) is 11.8. The summed E-state index contributed by atoms with van der Waals surface area (Å²) in [4.78, 5) is 36.0. The third-order valence-corrected chi connectivity index (χ3v) is 6.03. The molecule has 0 radical (unpaired) electrons. The van der Waals surface area contributed by atoms with Gasteiger partial charge in [0.05, 0.1) is 6.61 Å². The topological polar surface area (TPSA) is 102 Å². The molecule has 9 heteroatoms. The molecule has 37 heavy (non-hydrogen) atoms. The van der Waals surface area contributed by atoms with E-state index in [1.54, 1.807) is 6.92 Å². The van der Waals surface area contributed by atoms with E-state index in [4.69, 9.17) is 14.2 Å². The van der Waals surface area contributed by atoms with Crippen molar-refractivity contribution in [1.82, 2.24) is 14.3 Å². The second-order valence-electron chi connectivity index (χ2n) is 9.36. The number of benzene rings is 1. The van der Waals surface area contributed by atoms with Crippen LogP contribution in [0, 0.1) is 0 Å². The largest absolute Gasteiger partial charge is 0.487 e. The first kappa shape index (κ1) is 30.1. The highest BCUT2D eigenvalue weighted by Crippen LogP contribution is 2.17. The van der Waals surface area contributed by atoms with Crippen molar-refractivity contribution in [3.8, 4) is 11.6 Å². The summed E-state index contributed by atoms with van der Waals surface area (Å²) in [5.74, 6) is 0.506. The molecular weight excluding hydrogens is 474 g/mol. The number of hydrogen-bond acceptors (Lipinski definition) is 7. The van der Waals surface area contributed by atoms with Gasteiger partial charge in [0.1, 0.15) is 18.5 Å². The zero-order valence-electron chi connectivity index (χ0n) is 22.9. The number of hydrogen-bond donors (Lipinski definition) is 0. The molecule has 1 atom stereocenters. The number of ether oxygens (including phenoxy) is 3. The number of carbonyl (C=O) groups is 1. The molecule has 1 unspecified atom stereocenters. The molecule has 0 fully saturated rings. The monoisotopic (exact) mass is 517 g/mol. The van der Waals surface area contributed by atoms with Crippen LogP contribution in [0.15, 0.2) is 33.9 Å². The van der Waals surface area contributed by atoms with E-state index in [-0.39, 0.29) is 24.6 Å². The molecule has 0 saturated carbocycles. The lowest BCUT2D eigenvalue weighted by atomic mass is 10.1. The van der Waals surface area contributed by atoms with Gasteiger partial charge in [-0.2, -0.15) is 0 Å². The minimum absolute atomic E-state index is 0.0146. The van der Waals surface area contributed by atoms with E-state index >= 15 is 0 Å². The molecule has 0 aliphatic heterocycles. The molecule has 206 valence electrons. The summed E-state index contributed by atoms with van der Waals surface area (Å²) in [5.41, 5.74) is 0.260. The average Bonchev–Trinajstić information content (AvgIpc) is 2.90. The fraction of sp³-hybridized carbons (Fsp3) is 0.643. The fourth-order valence-electron chi connectivity index (χ4n) is 3.83. The molecule has 0 spiro atoms. The second kappa shape index (κ2) is 16.6. The van der Waals surface area contributed by atoms with E-state index in [0.29, 0.717) is 19.6 Å². The van der Waals surface area contributed by atoms with Crippen LogP contribution in [-0.2, 0) is 29.5 Å². The third kappa shape index (κ3) is 10.8. The maximum absolute atomic E-state index is 12.4. The number of carbonyl (C=O) groups excluding carboxylic acids is 1. The lowest BCUT2D eigenvalue weighted by Gasteiger charge is -2.15. The Morgan fingerprint density at radius 3 is 2.54 bits per heavy atom. The molecule has 0 aliphatic carbocycles. The van der Waals surface area contributed by atoms with Crippen LogP contribution in [-0.4, -0.2) is 39.6 Å². The zero-order chi connectivity index (χ0) is 27.0. The van der Waals surface area contributed by atoms with E-state index in [9.17, 15) is 14.4 Å². The minimum Gasteiger partial charge on any atom is -0.487 e. The van der Waals surface area contributed by atoms with Crippen molar-refractivity contribution in [3.63, 3.8) is 0 Å². The number of aryl methyl sites for hydroxylation is 2. The highest BCUT2D eigenvalue weighted by Gasteiger charge is 2.12. The predicted octanol–water partition coefficient (Wildman–Crippen LogP) is 4.42. The Hall–Kier alpha value is -3.10. The fourth-order valence-corrected chi connectivity index (χ4v) is 3.83. The van der Waals surface area contributed by atoms with Gasteiger partial charge in [0, 0.05) is 20.0 Å². The summed E-state index contributed by atoms with van der Waals surface area (Å²) in [6, 6.07) is 7.92. The Kier molecular flexibility index (Phi) is 13.5. The number of unbranched alkanes of at least 4 members (excludes halogenated alkanes) is 6. The quantitative estimate of drug-likeness (QED) is 0.213. The first-order valence-corrected chi connectivity index (χ1v) is 13.6. The molecule has 0 N–H and O–H groups in total. The smallest absolute Gasteiger partial charge is 0.347 e. The highest BCUT2D eigenvalue weighted by atomic mass is 16.6. The van der Waals surface area contributed by atoms with E-state index in [1.807, 2.05) is 25.1 Å². The molecular formula is C28H43N3O6. The molecule has 0 bridgehead atoms. The lowest BCUT2D eigenvalue weighted by molar-refractivity contribution is -0.145. The Morgan fingerprint density at radius 2 is 1.78 bits per heavy atom. The Balaban J connectivity index is 1.75. The van der Waals surface area contributed by atoms with Crippen LogP contribution < -0.4 is 20.7 Å². The van der Waals surface area contributed by atoms with Gasteiger partial charge in [-0.15, -0.1) is 5.10 Å². The van der Waals surface area contributed by atoms with Crippen molar-refractivity contribution in [1.29, 1.82) is 0 Å². The van der Waals surface area contributed by atoms with Gasteiger partial charge in [-0.25, -0.2) is 9.48 Å². The summed E-state index contributed by atoms with van der Waals surface area (Å²) in [6.07, 6.45) is 9.03. The lowest BCUT2D eigenvalue weighted by Crippen LogP contribution is -2.40. The Morgan fingerprint density at radius 1 is 1.03 bits per heavy atom. The molecule has 1 aromatic heterocycles. The van der Waals surface area contributed by atoms with Crippen LogP contribution in [0.25, 0.3) is 0 Å². The van der Waals surface area contributed by atoms with Crippen molar-refractivity contribution in [2.24, 2.45) is 7.05 Å². The van der Waals surface area contributed by atoms with Crippen LogP contribution in [0.2, 0.25) is 0 Å². The maximum Gasteiger partial charge on any atom is 0.347 e. The Labute approximate surface area is 219 Å². The number of esters is 1. The van der Waals surface area contributed by atoms with Gasteiger partial charge in [0.2, 0.25) is 0 Å². The van der Waals surface area contributed by atoms with Gasteiger partial charge >= 0.3 is 17.2 Å². The van der Waals surface area contributed by atoms with Gasteiger partial charge in [-0.1, -0.05) is 51.7 Å². The van der Waals surface area contributed by atoms with Crippen molar-refractivity contribution in [3.05, 3.63) is 50.7 Å². The summed E-state index contributed by atoms with van der Waals surface area (Å²) in [5, 5.41) is 4.18. The van der Waals surface area contributed by atoms with Gasteiger partial charge in [0.25, 0.3) is 5.88 Å². The van der Waals surface area contributed by atoms with Gasteiger partial charge in [-0.05, 0) is 56.7 Å². The summed E-state index contributed by atoms with van der Waals surface area (Å²) in [6.45, 7) is 6.88. The first-order valence-electron chi connectivity index (χ1n) is 13.6. The second-order valence-corrected chi connectivity index (χ2v) is 9.36. The van der Waals surface area contributed by atoms with Gasteiger partial charge < -0.3 is 14.2 Å². The molecule has 1 heterocycles. The summed E-state index contributed by atoms with van der Waals surface area (Å²) < 4.78 is 19.1. The van der Waals surface area contributed by atoms with Crippen molar-refractivity contribution in [2.75, 3.05) is 13.2 Å². The van der Waals surface area contributed by atoms with Crippen LogP contribution in [0.1, 0.15) is 84.1 Å². The Bertz CT molecular complexity index is 1080. The number of nitrogens with zero attached hydrogens (tertiary/aromatic N) is 3. The highest BCUT2D eigenvalue weighted by molar-refractivity contribution is 5.68. The summed E-state index contributed by atoms with van der Waals surface area (Å²) in [7, 11) is 1.46. The third-order valence-electron chi connectivity index (χ3n) is 6.03. The van der Waals surface area contributed by atoms with Crippen LogP contribution in [0.3, 0.4) is 0 Å². The molecule has 0 aliphatic rings. The molecule has 2 aromatic rings. The first-order chi connectivity index (χ1) is 17.8. The van der Waals surface area contributed by atoms with Crippen molar-refractivity contribution >= 4 is 5.97 Å². The van der Waals surface area contributed by atoms with Crippen molar-refractivity contribution in [2.45, 2.75) is 97.6 Å². The van der Waals surface area contributed by atoms with E-state index in [0.717, 1.165) is 67.2 Å². The number of aromatic nitrogens is 3. The molecule has 9 nitrogen and oxygen atoms in total. The molecule has 2 rings (SSSR count). The zero-order valence-corrected chi connectivity index (χ0v) is 22.9. The van der Waals surface area contributed by atoms with Crippen LogP contribution in [0.4, 0.5) is 0 Å². The van der Waals surface area contributed by atoms with Gasteiger partial charge in [-0.3, -0.25) is 14.2 Å². The van der Waals surface area contributed by atoms with E-state index in [2.05, 4.69) is 18.1 Å². The predicted molar refractivity (Wildman–Crippen MR) is 143 cm³/mol. The van der Waals surface area contributed by atoms with E-state index < -0.39 is 11.2 Å². The number of rotatable bonds is 18. The van der Waals surface area contributed by atoms with Gasteiger partial charge in [0.15, 0.2) is 0 Å². The molecule has 1 aromatic carbocycles. The summed E-state index contributed by atoms with van der Waals surface area (Å²) >= 11 is 0. The standard InChI is InChI=1S/C28H43N3O6/c1-5-7-8-9-12-18-31-28(34)30(4)27(33)26(29-31)35-19-13-10-11-15-23-16-14-17-24(20-23)37-22(3)21-36-25(32)6-2/h14,16-17,20,22H,5-13,15,18-19,21H2,1-4H3. The van der Waals surface area contributed by atoms with E-state index in [1.165, 1.54) is 18.2 Å². The SMILES string of the molecule is CCCCCCCn1nc(OCCCCCc2cccc(OC(C)COC(=O)CC)c2)c(=O)n(C)c1=O. The molecule has 0 amide bonds. The van der Waals surface area contributed by atoms with Crippen LogP contribution >= 0.6 is 0 Å². The molecule has 0 saturated heterocycles.